The lowest BCUT2D eigenvalue weighted by molar-refractivity contribution is -0.148. The van der Waals surface area contributed by atoms with E-state index in [0.29, 0.717) is 16.5 Å². The van der Waals surface area contributed by atoms with Gasteiger partial charge in [-0.1, -0.05) is 43.5 Å². The molecule has 1 saturated carbocycles. The van der Waals surface area contributed by atoms with E-state index in [4.69, 9.17) is 4.74 Å². The number of nitrogens with zero attached hydrogens (tertiary/aromatic N) is 1. The normalized spacial score (nSPS) is 16.5. The van der Waals surface area contributed by atoms with E-state index in [2.05, 4.69) is 5.32 Å². The number of hydrogen-bond donors (Lipinski definition) is 1. The van der Waals surface area contributed by atoms with E-state index in [1.54, 1.807) is 24.3 Å². The van der Waals surface area contributed by atoms with Gasteiger partial charge in [0.05, 0.1) is 0 Å². The Morgan fingerprint density at radius 2 is 1.61 bits per heavy atom. The molecule has 0 bridgehead atoms. The van der Waals surface area contributed by atoms with Crippen molar-refractivity contribution >= 4 is 34.5 Å². The summed E-state index contributed by atoms with van der Waals surface area (Å²) in [4.78, 5) is 50.8. The van der Waals surface area contributed by atoms with E-state index >= 15 is 0 Å². The van der Waals surface area contributed by atoms with Gasteiger partial charge >= 0.3 is 5.97 Å². The lowest BCUT2D eigenvalue weighted by atomic mass is 9.94. The van der Waals surface area contributed by atoms with Crippen molar-refractivity contribution in [2.24, 2.45) is 0 Å². The average molecular weight is 422 g/mol. The van der Waals surface area contributed by atoms with Crippen molar-refractivity contribution in [3.05, 3.63) is 47.5 Å². The molecule has 31 heavy (non-hydrogen) atoms. The minimum absolute atomic E-state index is 0.0274. The third kappa shape index (κ3) is 4.60. The number of nitrogens with one attached hydrogen (secondary N) is 1. The molecule has 1 aliphatic carbocycles. The van der Waals surface area contributed by atoms with Crippen LogP contribution in [-0.2, 0) is 14.3 Å². The summed E-state index contributed by atoms with van der Waals surface area (Å²) in [6.07, 6.45) is 5.65. The van der Waals surface area contributed by atoms with Crippen molar-refractivity contribution in [2.45, 2.75) is 51.0 Å². The molecule has 0 radical (unpaired) electrons. The minimum atomic E-state index is -0.516. The maximum absolute atomic E-state index is 12.8. The van der Waals surface area contributed by atoms with Gasteiger partial charge in [0, 0.05) is 35.5 Å². The molecule has 3 amide bonds. The fraction of sp³-hybridized carbons (Fsp3) is 0.417. The van der Waals surface area contributed by atoms with Crippen molar-refractivity contribution in [1.29, 1.82) is 0 Å². The van der Waals surface area contributed by atoms with E-state index in [1.807, 2.05) is 12.1 Å². The largest absolute Gasteiger partial charge is 0.456 e. The van der Waals surface area contributed by atoms with Crippen LogP contribution in [0.5, 0.6) is 0 Å². The van der Waals surface area contributed by atoms with Crippen LogP contribution in [0.15, 0.2) is 36.4 Å². The molecule has 0 spiro atoms. The Hall–Kier alpha value is -3.22. The quantitative estimate of drug-likeness (QED) is 0.546. The summed E-state index contributed by atoms with van der Waals surface area (Å²) in [6, 6.07) is 10.9. The van der Waals surface area contributed by atoms with Crippen LogP contribution in [0.4, 0.5) is 0 Å². The molecule has 1 fully saturated rings. The molecule has 2 aromatic rings. The lowest BCUT2D eigenvalue weighted by Gasteiger charge is -2.27. The summed E-state index contributed by atoms with van der Waals surface area (Å²) in [5.41, 5.74) is 0.990. The molecule has 0 aromatic heterocycles. The Morgan fingerprint density at radius 3 is 2.26 bits per heavy atom. The van der Waals surface area contributed by atoms with E-state index in [1.165, 1.54) is 11.3 Å². The van der Waals surface area contributed by atoms with Gasteiger partial charge < -0.3 is 10.1 Å². The molecule has 7 heteroatoms. The summed E-state index contributed by atoms with van der Waals surface area (Å²) >= 11 is 0. The third-order valence-electron chi connectivity index (χ3n) is 5.95. The van der Waals surface area contributed by atoms with Crippen molar-refractivity contribution in [3.63, 3.8) is 0 Å². The summed E-state index contributed by atoms with van der Waals surface area (Å²) in [5, 5.41) is 4.43. The van der Waals surface area contributed by atoms with Crippen LogP contribution in [0.1, 0.15) is 65.7 Å². The number of carbonyl (C=O) groups excluding carboxylic acids is 4. The van der Waals surface area contributed by atoms with Crippen molar-refractivity contribution in [1.82, 2.24) is 10.2 Å². The molecule has 2 aromatic carbocycles. The molecule has 1 N–H and O–H groups in total. The van der Waals surface area contributed by atoms with Crippen LogP contribution in [-0.4, -0.2) is 47.8 Å². The van der Waals surface area contributed by atoms with Crippen LogP contribution >= 0.6 is 0 Å². The first-order valence-electron chi connectivity index (χ1n) is 10.9. The van der Waals surface area contributed by atoms with Gasteiger partial charge in [-0.05, 0) is 36.8 Å². The predicted octanol–water partition coefficient (Wildman–Crippen LogP) is 3.21. The van der Waals surface area contributed by atoms with Crippen molar-refractivity contribution < 1.29 is 23.9 Å². The molecule has 162 valence electrons. The summed E-state index contributed by atoms with van der Waals surface area (Å²) in [6.45, 7) is -0.182. The number of benzene rings is 2. The first-order valence-corrected chi connectivity index (χ1v) is 10.9. The van der Waals surface area contributed by atoms with E-state index in [0.717, 1.165) is 31.1 Å². The zero-order chi connectivity index (χ0) is 21.8. The van der Waals surface area contributed by atoms with Gasteiger partial charge in [-0.15, -0.1) is 0 Å². The van der Waals surface area contributed by atoms with Gasteiger partial charge in [0.2, 0.25) is 0 Å². The second kappa shape index (κ2) is 9.29. The van der Waals surface area contributed by atoms with Crippen LogP contribution in [0, 0.1) is 0 Å². The van der Waals surface area contributed by atoms with E-state index in [9.17, 15) is 19.2 Å². The molecule has 2 aliphatic rings. The lowest BCUT2D eigenvalue weighted by Crippen LogP contribution is -2.41. The minimum Gasteiger partial charge on any atom is -0.456 e. The SMILES string of the molecule is O=C(COC(=O)CCCN1C(=O)c2cccc3cccc(c23)C1=O)NC1CCCCC1. The maximum Gasteiger partial charge on any atom is 0.306 e. The Bertz CT molecular complexity index is 975. The highest BCUT2D eigenvalue weighted by Gasteiger charge is 2.32. The highest BCUT2D eigenvalue weighted by Crippen LogP contribution is 2.30. The van der Waals surface area contributed by atoms with Gasteiger partial charge in [0.15, 0.2) is 6.61 Å². The summed E-state index contributed by atoms with van der Waals surface area (Å²) < 4.78 is 5.05. The van der Waals surface area contributed by atoms with Crippen molar-refractivity contribution in [2.75, 3.05) is 13.2 Å². The Kier molecular flexibility index (Phi) is 6.30. The zero-order valence-electron chi connectivity index (χ0n) is 17.4. The first kappa shape index (κ1) is 21.0. The van der Waals surface area contributed by atoms with Gasteiger partial charge in [-0.2, -0.15) is 0 Å². The molecule has 4 rings (SSSR count). The number of rotatable bonds is 7. The number of amides is 3. The second-order valence-electron chi connectivity index (χ2n) is 8.14. The van der Waals surface area contributed by atoms with Crippen LogP contribution < -0.4 is 5.32 Å². The van der Waals surface area contributed by atoms with Gasteiger partial charge in [0.25, 0.3) is 17.7 Å². The summed E-state index contributed by atoms with van der Waals surface area (Å²) in [7, 11) is 0. The highest BCUT2D eigenvalue weighted by molar-refractivity contribution is 6.25. The van der Waals surface area contributed by atoms with Crippen LogP contribution in [0.2, 0.25) is 0 Å². The average Bonchev–Trinajstić information content (AvgIpc) is 2.79. The van der Waals surface area contributed by atoms with Crippen molar-refractivity contribution in [3.8, 4) is 0 Å². The predicted molar refractivity (Wildman–Crippen MR) is 115 cm³/mol. The fourth-order valence-corrected chi connectivity index (χ4v) is 4.40. The molecule has 7 nitrogen and oxygen atoms in total. The second-order valence-corrected chi connectivity index (χ2v) is 8.14. The summed E-state index contributed by atoms with van der Waals surface area (Å²) in [5.74, 6) is -1.51. The molecule has 0 saturated heterocycles. The number of carbonyl (C=O) groups is 4. The molecule has 0 unspecified atom stereocenters. The Balaban J connectivity index is 1.27. The Labute approximate surface area is 180 Å². The van der Waals surface area contributed by atoms with Gasteiger partial charge in [0.1, 0.15) is 0 Å². The third-order valence-corrected chi connectivity index (χ3v) is 5.95. The van der Waals surface area contributed by atoms with E-state index < -0.39 is 5.97 Å². The van der Waals surface area contributed by atoms with E-state index in [-0.39, 0.29) is 49.8 Å². The monoisotopic (exact) mass is 422 g/mol. The number of imide groups is 1. The molecule has 1 aliphatic heterocycles. The highest BCUT2D eigenvalue weighted by atomic mass is 16.5. The fourth-order valence-electron chi connectivity index (χ4n) is 4.40. The zero-order valence-corrected chi connectivity index (χ0v) is 17.4. The number of esters is 1. The van der Waals surface area contributed by atoms with Gasteiger partial charge in [-0.3, -0.25) is 24.1 Å². The van der Waals surface area contributed by atoms with Crippen LogP contribution in [0.25, 0.3) is 10.8 Å². The first-order chi connectivity index (χ1) is 15.0. The number of hydrogen-bond acceptors (Lipinski definition) is 5. The molecule has 0 atom stereocenters. The molecular formula is C24H26N2O5. The standard InChI is InChI=1S/C24H26N2O5/c27-20(25-17-9-2-1-3-10-17)15-31-21(28)13-6-14-26-23(29)18-11-4-7-16-8-5-12-19(22(16)18)24(26)30/h4-5,7-8,11-12,17H,1-3,6,9-10,13-15H2,(H,25,27). The smallest absolute Gasteiger partial charge is 0.306 e. The maximum atomic E-state index is 12.8. The van der Waals surface area contributed by atoms with Gasteiger partial charge in [-0.25, -0.2) is 0 Å². The number of ether oxygens (including phenoxy) is 1. The Morgan fingerprint density at radius 1 is 0.968 bits per heavy atom. The molecule has 1 heterocycles. The van der Waals surface area contributed by atoms with Crippen LogP contribution in [0.3, 0.4) is 0 Å². The topological polar surface area (TPSA) is 92.8 Å². The molecular weight excluding hydrogens is 396 g/mol.